The Labute approximate surface area is 138 Å². The van der Waals surface area contributed by atoms with Gasteiger partial charge in [0.25, 0.3) is 0 Å². The molecule has 1 fully saturated rings. The minimum absolute atomic E-state index is 0.373. The van der Waals surface area contributed by atoms with Crippen LogP contribution >= 0.6 is 0 Å². The Morgan fingerprint density at radius 3 is 2.22 bits per heavy atom. The van der Waals surface area contributed by atoms with Crippen molar-refractivity contribution in [3.8, 4) is 0 Å². The van der Waals surface area contributed by atoms with Crippen LogP contribution in [-0.4, -0.2) is 35.6 Å². The van der Waals surface area contributed by atoms with E-state index in [9.17, 15) is 8.42 Å². The molecule has 2 aromatic rings. The van der Waals surface area contributed by atoms with E-state index in [0.29, 0.717) is 35.3 Å². The molecule has 23 heavy (non-hydrogen) atoms. The van der Waals surface area contributed by atoms with E-state index in [1.54, 1.807) is 23.0 Å². The summed E-state index contributed by atoms with van der Waals surface area (Å²) < 4.78 is 29.2. The summed E-state index contributed by atoms with van der Waals surface area (Å²) in [6.45, 7) is 4.70. The van der Waals surface area contributed by atoms with Crippen LogP contribution in [0.1, 0.15) is 35.7 Å². The Morgan fingerprint density at radius 2 is 1.70 bits per heavy atom. The molecule has 5 nitrogen and oxygen atoms in total. The number of benzene rings is 1. The van der Waals surface area contributed by atoms with E-state index in [1.807, 2.05) is 25.1 Å². The number of sulfonamides is 1. The summed E-state index contributed by atoms with van der Waals surface area (Å²) >= 11 is 0. The van der Waals surface area contributed by atoms with E-state index in [4.69, 9.17) is 0 Å². The predicted molar refractivity (Wildman–Crippen MR) is 89.9 cm³/mol. The Hall–Kier alpha value is -1.66. The highest BCUT2D eigenvalue weighted by molar-refractivity contribution is 7.89. The number of hydrogen-bond acceptors (Lipinski definition) is 3. The van der Waals surface area contributed by atoms with Crippen molar-refractivity contribution >= 4 is 10.0 Å². The van der Waals surface area contributed by atoms with Crippen LogP contribution in [0.4, 0.5) is 0 Å². The lowest BCUT2D eigenvalue weighted by Crippen LogP contribution is -2.38. The van der Waals surface area contributed by atoms with Gasteiger partial charge in [-0.1, -0.05) is 30.3 Å². The second-order valence-electron chi connectivity index (χ2n) is 6.21. The van der Waals surface area contributed by atoms with Gasteiger partial charge in [-0.25, -0.2) is 8.42 Å². The van der Waals surface area contributed by atoms with Gasteiger partial charge in [-0.3, -0.25) is 4.68 Å². The van der Waals surface area contributed by atoms with Crippen molar-refractivity contribution in [2.45, 2.75) is 37.5 Å². The standard InChI is InChI=1S/C17H23N3O2S/c1-13-17(14(2)19(3)18-13)23(21,22)20-11-9-16(10-12-20)15-7-5-4-6-8-15/h4-8,16H,9-12H2,1-3H3. The lowest BCUT2D eigenvalue weighted by Gasteiger charge is -2.31. The molecule has 0 unspecified atom stereocenters. The molecule has 0 bridgehead atoms. The maximum atomic E-state index is 13.0. The van der Waals surface area contributed by atoms with Crippen molar-refractivity contribution < 1.29 is 8.42 Å². The van der Waals surface area contributed by atoms with Crippen molar-refractivity contribution in [1.29, 1.82) is 0 Å². The maximum Gasteiger partial charge on any atom is 0.246 e. The Bertz CT molecular complexity index is 789. The lowest BCUT2D eigenvalue weighted by molar-refractivity contribution is 0.319. The van der Waals surface area contributed by atoms with Gasteiger partial charge in [-0.05, 0) is 38.2 Å². The van der Waals surface area contributed by atoms with Gasteiger partial charge in [0, 0.05) is 20.1 Å². The van der Waals surface area contributed by atoms with Crippen molar-refractivity contribution in [3.63, 3.8) is 0 Å². The van der Waals surface area contributed by atoms with Crippen LogP contribution in [0.25, 0.3) is 0 Å². The average molecular weight is 333 g/mol. The molecular formula is C17H23N3O2S. The first-order valence-electron chi connectivity index (χ1n) is 7.96. The first-order chi connectivity index (χ1) is 10.9. The number of hydrogen-bond donors (Lipinski definition) is 0. The molecule has 1 aromatic carbocycles. The Morgan fingerprint density at radius 1 is 1.09 bits per heavy atom. The van der Waals surface area contributed by atoms with E-state index in [-0.39, 0.29) is 0 Å². The predicted octanol–water partition coefficient (Wildman–Crippen LogP) is 2.61. The number of aryl methyl sites for hydroxylation is 2. The van der Waals surface area contributed by atoms with Gasteiger partial charge in [0.1, 0.15) is 4.90 Å². The monoisotopic (exact) mass is 333 g/mol. The van der Waals surface area contributed by atoms with Crippen molar-refractivity contribution in [2.75, 3.05) is 13.1 Å². The van der Waals surface area contributed by atoms with E-state index >= 15 is 0 Å². The van der Waals surface area contributed by atoms with Crippen LogP contribution < -0.4 is 0 Å². The number of aromatic nitrogens is 2. The van der Waals surface area contributed by atoms with Crippen LogP contribution in [-0.2, 0) is 17.1 Å². The zero-order chi connectivity index (χ0) is 16.6. The summed E-state index contributed by atoms with van der Waals surface area (Å²) in [6, 6.07) is 10.4. The maximum absolute atomic E-state index is 13.0. The van der Waals surface area contributed by atoms with Crippen LogP contribution in [0, 0.1) is 13.8 Å². The third-order valence-electron chi connectivity index (χ3n) is 4.77. The van der Waals surface area contributed by atoms with E-state index in [0.717, 1.165) is 12.8 Å². The van der Waals surface area contributed by atoms with Crippen LogP contribution in [0.3, 0.4) is 0 Å². The SMILES string of the molecule is Cc1nn(C)c(C)c1S(=O)(=O)N1CCC(c2ccccc2)CC1. The first kappa shape index (κ1) is 16.2. The molecule has 0 amide bonds. The summed E-state index contributed by atoms with van der Waals surface area (Å²) in [5, 5.41) is 4.25. The topological polar surface area (TPSA) is 55.2 Å². The number of piperidine rings is 1. The molecule has 1 aliphatic heterocycles. The molecule has 1 aromatic heterocycles. The fourth-order valence-corrected chi connectivity index (χ4v) is 5.28. The average Bonchev–Trinajstić information content (AvgIpc) is 2.81. The molecule has 1 saturated heterocycles. The Balaban J connectivity index is 1.79. The Kier molecular flexibility index (Phi) is 4.29. The molecule has 6 heteroatoms. The van der Waals surface area contributed by atoms with E-state index in [2.05, 4.69) is 17.2 Å². The van der Waals surface area contributed by atoms with Crippen molar-refractivity contribution in [1.82, 2.24) is 14.1 Å². The molecule has 0 aliphatic carbocycles. The molecule has 0 spiro atoms. The lowest BCUT2D eigenvalue weighted by atomic mass is 9.90. The highest BCUT2D eigenvalue weighted by Gasteiger charge is 2.33. The first-order valence-corrected chi connectivity index (χ1v) is 9.40. The third-order valence-corrected chi connectivity index (χ3v) is 6.92. The largest absolute Gasteiger partial charge is 0.271 e. The zero-order valence-corrected chi connectivity index (χ0v) is 14.7. The molecule has 2 heterocycles. The molecule has 0 atom stereocenters. The smallest absolute Gasteiger partial charge is 0.246 e. The van der Waals surface area contributed by atoms with E-state index < -0.39 is 10.0 Å². The van der Waals surface area contributed by atoms with Crippen molar-refractivity contribution in [3.05, 3.63) is 47.3 Å². The molecule has 0 radical (unpaired) electrons. The van der Waals surface area contributed by atoms with E-state index in [1.165, 1.54) is 5.56 Å². The molecule has 124 valence electrons. The van der Waals surface area contributed by atoms with Crippen molar-refractivity contribution in [2.24, 2.45) is 7.05 Å². The van der Waals surface area contributed by atoms with Gasteiger partial charge < -0.3 is 0 Å². The minimum atomic E-state index is -3.46. The molecule has 3 rings (SSSR count). The summed E-state index contributed by atoms with van der Waals surface area (Å²) in [4.78, 5) is 0.373. The highest BCUT2D eigenvalue weighted by Crippen LogP contribution is 2.32. The highest BCUT2D eigenvalue weighted by atomic mass is 32.2. The van der Waals surface area contributed by atoms with Gasteiger partial charge in [-0.15, -0.1) is 0 Å². The minimum Gasteiger partial charge on any atom is -0.271 e. The number of nitrogens with zero attached hydrogens (tertiary/aromatic N) is 3. The summed E-state index contributed by atoms with van der Waals surface area (Å²) in [5.74, 6) is 0.443. The van der Waals surface area contributed by atoms with Gasteiger partial charge in [-0.2, -0.15) is 9.40 Å². The molecule has 0 saturated carbocycles. The second-order valence-corrected chi connectivity index (χ2v) is 8.09. The normalized spacial score (nSPS) is 17.5. The van der Waals surface area contributed by atoms with Gasteiger partial charge >= 0.3 is 0 Å². The molecule has 0 N–H and O–H groups in total. The summed E-state index contributed by atoms with van der Waals surface area (Å²) in [5.41, 5.74) is 2.58. The molecular weight excluding hydrogens is 310 g/mol. The summed E-state index contributed by atoms with van der Waals surface area (Å²) in [7, 11) is -1.68. The van der Waals surface area contributed by atoms with Gasteiger partial charge in [0.15, 0.2) is 0 Å². The number of rotatable bonds is 3. The van der Waals surface area contributed by atoms with Crippen LogP contribution in [0.15, 0.2) is 35.2 Å². The summed E-state index contributed by atoms with van der Waals surface area (Å²) in [6.07, 6.45) is 1.73. The second kappa shape index (κ2) is 6.09. The van der Waals surface area contributed by atoms with Gasteiger partial charge in [0.05, 0.1) is 11.4 Å². The zero-order valence-electron chi connectivity index (χ0n) is 13.9. The van der Waals surface area contributed by atoms with Crippen LogP contribution in [0.2, 0.25) is 0 Å². The fraction of sp³-hybridized carbons (Fsp3) is 0.471. The van der Waals surface area contributed by atoms with Gasteiger partial charge in [0.2, 0.25) is 10.0 Å². The molecule has 1 aliphatic rings. The quantitative estimate of drug-likeness (QED) is 0.867. The fourth-order valence-electron chi connectivity index (χ4n) is 3.41. The third kappa shape index (κ3) is 2.93. The van der Waals surface area contributed by atoms with Crippen LogP contribution in [0.5, 0.6) is 0 Å².